The highest BCUT2D eigenvalue weighted by Gasteiger charge is 2.36. The number of nitrogens with one attached hydrogen (secondary N) is 1. The molecule has 0 bridgehead atoms. The quantitative estimate of drug-likeness (QED) is 0.422. The molecule has 8 nitrogen and oxygen atoms in total. The fraction of sp³-hybridized carbons (Fsp3) is 0.250. The van der Waals surface area contributed by atoms with Gasteiger partial charge < -0.3 is 19.5 Å². The molecule has 0 spiro atoms. The molecule has 3 amide bonds. The van der Waals surface area contributed by atoms with Gasteiger partial charge in [-0.1, -0.05) is 11.6 Å². The molecule has 3 heterocycles. The number of benzene rings is 2. The maximum Gasteiger partial charge on any atom is 0.294 e. The average Bonchev–Trinajstić information content (AvgIpc) is 3.34. The Morgan fingerprint density at radius 2 is 1.68 bits per heavy atom. The Labute approximate surface area is 230 Å². The lowest BCUT2D eigenvalue weighted by atomic mass is 10.2. The molecular weight excluding hydrogens is 524 g/mol. The first-order valence-corrected chi connectivity index (χ1v) is 13.4. The van der Waals surface area contributed by atoms with Gasteiger partial charge in [-0.3, -0.25) is 19.3 Å². The second-order valence-electron chi connectivity index (χ2n) is 9.10. The fourth-order valence-corrected chi connectivity index (χ4v) is 5.58. The van der Waals surface area contributed by atoms with Crippen LogP contribution in [0.1, 0.15) is 17.0 Å². The van der Waals surface area contributed by atoms with Gasteiger partial charge in [0.05, 0.1) is 18.1 Å². The fourth-order valence-electron chi connectivity index (χ4n) is 4.62. The van der Waals surface area contributed by atoms with Gasteiger partial charge in [0.1, 0.15) is 6.54 Å². The van der Waals surface area contributed by atoms with Gasteiger partial charge in [-0.15, -0.1) is 0 Å². The van der Waals surface area contributed by atoms with Crippen molar-refractivity contribution in [2.45, 2.75) is 13.8 Å². The lowest BCUT2D eigenvalue weighted by Gasteiger charge is -2.28. The van der Waals surface area contributed by atoms with Gasteiger partial charge in [-0.05, 0) is 91.8 Å². The van der Waals surface area contributed by atoms with Crippen molar-refractivity contribution in [3.05, 3.63) is 81.5 Å². The smallest absolute Gasteiger partial charge is 0.294 e. The van der Waals surface area contributed by atoms with E-state index in [0.717, 1.165) is 58.1 Å². The number of hydrogen-bond acceptors (Lipinski definition) is 6. The molecule has 2 aliphatic heterocycles. The number of aryl methyl sites for hydroxylation is 1. The molecule has 38 heavy (non-hydrogen) atoms. The van der Waals surface area contributed by atoms with Crippen LogP contribution in [0.3, 0.4) is 0 Å². The predicted octanol–water partition coefficient (Wildman–Crippen LogP) is 5.26. The molecule has 2 fully saturated rings. The standard InChI is InChI=1S/C28H27ClN4O4S/c1-18-15-20(19(2)33(18)24-7-3-21(29)4-8-24)16-25-27(35)32(28(36)38-25)17-26(34)30-22-5-9-23(10-6-22)31-11-13-37-14-12-31/h3-10,15-16H,11-14,17H2,1-2H3,(H,30,34)/b25-16+. The summed E-state index contributed by atoms with van der Waals surface area (Å²) in [6.45, 7) is 6.61. The number of carbonyl (C=O) groups excluding carboxylic acids is 3. The van der Waals surface area contributed by atoms with E-state index >= 15 is 0 Å². The molecule has 2 saturated heterocycles. The summed E-state index contributed by atoms with van der Waals surface area (Å²) in [5, 5.41) is 2.96. The van der Waals surface area contributed by atoms with Crippen molar-refractivity contribution in [2.24, 2.45) is 0 Å². The molecule has 2 aliphatic rings. The van der Waals surface area contributed by atoms with Crippen molar-refractivity contribution in [3.63, 3.8) is 0 Å². The average molecular weight is 551 g/mol. The van der Waals surface area contributed by atoms with E-state index in [1.807, 2.05) is 68.4 Å². The SMILES string of the molecule is Cc1cc(/C=C2/SC(=O)N(CC(=O)Nc3ccc(N4CCOCC4)cc3)C2=O)c(C)n1-c1ccc(Cl)cc1. The molecule has 0 radical (unpaired) electrons. The van der Waals surface area contributed by atoms with E-state index < -0.39 is 17.1 Å². The lowest BCUT2D eigenvalue weighted by molar-refractivity contribution is -0.127. The summed E-state index contributed by atoms with van der Waals surface area (Å²) in [6, 6.07) is 17.0. The highest BCUT2D eigenvalue weighted by Crippen LogP contribution is 2.34. The van der Waals surface area contributed by atoms with E-state index in [2.05, 4.69) is 14.8 Å². The van der Waals surface area contributed by atoms with Gasteiger partial charge in [0.25, 0.3) is 11.1 Å². The summed E-state index contributed by atoms with van der Waals surface area (Å²) < 4.78 is 7.44. The number of aromatic nitrogens is 1. The number of rotatable bonds is 6. The molecule has 2 aromatic carbocycles. The molecule has 1 N–H and O–H groups in total. The van der Waals surface area contributed by atoms with Crippen molar-refractivity contribution in [2.75, 3.05) is 43.1 Å². The van der Waals surface area contributed by atoms with E-state index in [1.165, 1.54) is 0 Å². The Balaban J connectivity index is 1.25. The third-order valence-corrected chi connectivity index (χ3v) is 7.70. The van der Waals surface area contributed by atoms with E-state index in [4.69, 9.17) is 16.3 Å². The lowest BCUT2D eigenvalue weighted by Crippen LogP contribution is -2.36. The number of carbonyl (C=O) groups is 3. The Morgan fingerprint density at radius 3 is 2.37 bits per heavy atom. The normalized spacial score (nSPS) is 17.0. The number of anilines is 2. The van der Waals surface area contributed by atoms with Crippen LogP contribution in [0.4, 0.5) is 16.2 Å². The summed E-state index contributed by atoms with van der Waals surface area (Å²) in [5.41, 5.74) is 5.34. The van der Waals surface area contributed by atoms with Gasteiger partial charge in [-0.25, -0.2) is 0 Å². The molecule has 1 aromatic heterocycles. The first kappa shape index (κ1) is 26.1. The minimum atomic E-state index is -0.478. The zero-order valence-electron chi connectivity index (χ0n) is 21.1. The van der Waals surface area contributed by atoms with Crippen molar-refractivity contribution < 1.29 is 19.1 Å². The molecule has 3 aromatic rings. The Morgan fingerprint density at radius 1 is 1.03 bits per heavy atom. The third-order valence-electron chi connectivity index (χ3n) is 6.54. The number of thioether (sulfide) groups is 1. The summed E-state index contributed by atoms with van der Waals surface area (Å²) in [6.07, 6.45) is 1.71. The van der Waals surface area contributed by atoms with Crippen LogP contribution in [-0.4, -0.2) is 59.4 Å². The highest BCUT2D eigenvalue weighted by atomic mass is 35.5. The number of hydrogen-bond donors (Lipinski definition) is 1. The zero-order chi connectivity index (χ0) is 26.8. The molecule has 0 atom stereocenters. The molecule has 196 valence electrons. The summed E-state index contributed by atoms with van der Waals surface area (Å²) >= 11 is 6.87. The molecule has 0 saturated carbocycles. The van der Waals surface area contributed by atoms with Crippen LogP contribution in [-0.2, 0) is 14.3 Å². The summed E-state index contributed by atoms with van der Waals surface area (Å²) in [5.74, 6) is -0.914. The van der Waals surface area contributed by atoms with Gasteiger partial charge in [0.2, 0.25) is 5.91 Å². The molecule has 0 unspecified atom stereocenters. The second-order valence-corrected chi connectivity index (χ2v) is 10.5. The van der Waals surface area contributed by atoms with E-state index in [1.54, 1.807) is 6.08 Å². The largest absolute Gasteiger partial charge is 0.378 e. The van der Waals surface area contributed by atoms with Crippen molar-refractivity contribution in [1.82, 2.24) is 9.47 Å². The van der Waals surface area contributed by atoms with Crippen LogP contribution in [0.25, 0.3) is 11.8 Å². The van der Waals surface area contributed by atoms with Gasteiger partial charge in [-0.2, -0.15) is 0 Å². The van der Waals surface area contributed by atoms with Crippen LogP contribution in [0, 0.1) is 13.8 Å². The first-order valence-electron chi connectivity index (χ1n) is 12.2. The number of amides is 3. The van der Waals surface area contributed by atoms with Crippen molar-refractivity contribution >= 4 is 57.9 Å². The number of ether oxygens (including phenoxy) is 1. The maximum atomic E-state index is 13.0. The minimum Gasteiger partial charge on any atom is -0.378 e. The third kappa shape index (κ3) is 5.50. The Kier molecular flexibility index (Phi) is 7.60. The second kappa shape index (κ2) is 11.1. The Bertz CT molecular complexity index is 1410. The van der Waals surface area contributed by atoms with Gasteiger partial charge in [0.15, 0.2) is 0 Å². The number of imide groups is 1. The van der Waals surface area contributed by atoms with Gasteiger partial charge >= 0.3 is 0 Å². The van der Waals surface area contributed by atoms with Crippen LogP contribution in [0.5, 0.6) is 0 Å². The minimum absolute atomic E-state index is 0.286. The molecular formula is C28H27ClN4O4S. The number of morpholine rings is 1. The Hall–Kier alpha value is -3.53. The summed E-state index contributed by atoms with van der Waals surface area (Å²) in [7, 11) is 0. The van der Waals surface area contributed by atoms with Crippen molar-refractivity contribution in [1.29, 1.82) is 0 Å². The first-order chi connectivity index (χ1) is 18.3. The van der Waals surface area contributed by atoms with E-state index in [-0.39, 0.29) is 11.4 Å². The topological polar surface area (TPSA) is 83.9 Å². The highest BCUT2D eigenvalue weighted by molar-refractivity contribution is 8.18. The van der Waals surface area contributed by atoms with Crippen LogP contribution < -0.4 is 10.2 Å². The van der Waals surface area contributed by atoms with Gasteiger partial charge in [0, 0.05) is 46.6 Å². The monoisotopic (exact) mass is 550 g/mol. The van der Waals surface area contributed by atoms with Crippen LogP contribution >= 0.6 is 23.4 Å². The summed E-state index contributed by atoms with van der Waals surface area (Å²) in [4.78, 5) is 41.8. The van der Waals surface area contributed by atoms with Crippen molar-refractivity contribution in [3.8, 4) is 5.69 Å². The van der Waals surface area contributed by atoms with E-state index in [0.29, 0.717) is 23.9 Å². The maximum absolute atomic E-state index is 13.0. The zero-order valence-corrected chi connectivity index (χ0v) is 22.6. The number of halogens is 1. The van der Waals surface area contributed by atoms with E-state index in [9.17, 15) is 14.4 Å². The predicted molar refractivity (Wildman–Crippen MR) is 151 cm³/mol. The van der Waals surface area contributed by atoms with Crippen LogP contribution in [0.2, 0.25) is 5.02 Å². The number of nitrogens with zero attached hydrogens (tertiary/aromatic N) is 3. The molecule has 0 aliphatic carbocycles. The molecule has 5 rings (SSSR count). The molecule has 10 heteroatoms. The van der Waals surface area contributed by atoms with Crippen LogP contribution in [0.15, 0.2) is 59.5 Å².